The van der Waals surface area contributed by atoms with E-state index >= 15 is 0 Å². The molecule has 1 saturated heterocycles. The van der Waals surface area contributed by atoms with E-state index in [9.17, 15) is 4.79 Å². The number of urea groups is 1. The van der Waals surface area contributed by atoms with E-state index in [4.69, 9.17) is 9.15 Å². The lowest BCUT2D eigenvalue weighted by Gasteiger charge is -2.35. The minimum absolute atomic E-state index is 0.162. The third-order valence-electron chi connectivity index (χ3n) is 5.02. The minimum atomic E-state index is -0.190. The Morgan fingerprint density at radius 2 is 1.93 bits per heavy atom. The predicted octanol–water partition coefficient (Wildman–Crippen LogP) is 3.54. The fourth-order valence-electron chi connectivity index (χ4n) is 3.59. The summed E-state index contributed by atoms with van der Waals surface area (Å²) in [5.74, 6) is 1.34. The second-order valence-electron chi connectivity index (χ2n) is 7.69. The smallest absolute Gasteiger partial charge is 0.315 e. The lowest BCUT2D eigenvalue weighted by Crippen LogP contribution is -2.50. The molecule has 2 amide bonds. The maximum absolute atomic E-state index is 12.4. The van der Waals surface area contributed by atoms with Gasteiger partial charge < -0.3 is 19.8 Å². The lowest BCUT2D eigenvalue weighted by atomic mass is 10.0. The van der Waals surface area contributed by atoms with Crippen molar-refractivity contribution in [2.45, 2.75) is 39.3 Å². The molecule has 1 aromatic heterocycles. The van der Waals surface area contributed by atoms with E-state index in [0.717, 1.165) is 49.5 Å². The predicted molar refractivity (Wildman–Crippen MR) is 107 cm³/mol. The van der Waals surface area contributed by atoms with E-state index in [1.165, 1.54) is 0 Å². The molecule has 148 valence electrons. The summed E-state index contributed by atoms with van der Waals surface area (Å²) in [4.78, 5) is 14.8. The number of hydrogen-bond acceptors (Lipinski definition) is 4. The molecule has 0 spiro atoms. The van der Waals surface area contributed by atoms with Gasteiger partial charge in [0.15, 0.2) is 0 Å². The standard InChI is InChI=1S/C21H31N3O3/c1-15(2)12-18(24-8-10-26-11-9-24)14-22-21(25)23-16(3)20-13-17-6-4-5-7-19(17)27-20/h4-7,13,15-16,18H,8-12,14H2,1-3H3,(H2,22,23,25)/t16-,18+/m0/s1. The largest absolute Gasteiger partial charge is 0.459 e. The molecule has 6 nitrogen and oxygen atoms in total. The number of nitrogens with zero attached hydrogens (tertiary/aromatic N) is 1. The molecule has 2 atom stereocenters. The number of nitrogens with one attached hydrogen (secondary N) is 2. The molecule has 0 saturated carbocycles. The number of fused-ring (bicyclic) bond motifs is 1. The van der Waals surface area contributed by atoms with Crippen LogP contribution >= 0.6 is 0 Å². The number of amides is 2. The first-order valence-electron chi connectivity index (χ1n) is 9.87. The van der Waals surface area contributed by atoms with E-state index in [-0.39, 0.29) is 12.1 Å². The van der Waals surface area contributed by atoms with Gasteiger partial charge in [-0.15, -0.1) is 0 Å². The Hall–Kier alpha value is -2.05. The molecule has 6 heteroatoms. The Labute approximate surface area is 161 Å². The van der Waals surface area contributed by atoms with E-state index in [1.54, 1.807) is 0 Å². The van der Waals surface area contributed by atoms with Gasteiger partial charge in [0.2, 0.25) is 0 Å². The van der Waals surface area contributed by atoms with Gasteiger partial charge in [-0.25, -0.2) is 4.79 Å². The topological polar surface area (TPSA) is 66.7 Å². The number of para-hydroxylation sites is 1. The minimum Gasteiger partial charge on any atom is -0.459 e. The lowest BCUT2D eigenvalue weighted by molar-refractivity contribution is 0.0129. The number of rotatable bonds is 7. The molecule has 27 heavy (non-hydrogen) atoms. The first-order valence-corrected chi connectivity index (χ1v) is 9.87. The highest BCUT2D eigenvalue weighted by molar-refractivity contribution is 5.78. The second-order valence-corrected chi connectivity index (χ2v) is 7.69. The van der Waals surface area contributed by atoms with Crippen LogP contribution in [0.4, 0.5) is 4.79 Å². The molecule has 0 radical (unpaired) electrons. The van der Waals surface area contributed by atoms with E-state index in [1.807, 2.05) is 37.3 Å². The molecule has 0 bridgehead atoms. The first-order chi connectivity index (χ1) is 13.0. The molecular weight excluding hydrogens is 342 g/mol. The number of furan rings is 1. The van der Waals surface area contributed by atoms with Crippen molar-refractivity contribution in [1.29, 1.82) is 0 Å². The summed E-state index contributed by atoms with van der Waals surface area (Å²) in [6, 6.07) is 9.83. The molecule has 1 aliphatic heterocycles. The highest BCUT2D eigenvalue weighted by Crippen LogP contribution is 2.23. The van der Waals surface area contributed by atoms with Crippen LogP contribution in [0, 0.1) is 5.92 Å². The van der Waals surface area contributed by atoms with E-state index in [2.05, 4.69) is 29.4 Å². The van der Waals surface area contributed by atoms with Gasteiger partial charge in [-0.2, -0.15) is 0 Å². The Morgan fingerprint density at radius 3 is 2.63 bits per heavy atom. The normalized spacial score (nSPS) is 17.8. The van der Waals surface area contributed by atoms with Crippen molar-refractivity contribution in [3.8, 4) is 0 Å². The van der Waals surface area contributed by atoms with Crippen molar-refractivity contribution in [2.75, 3.05) is 32.8 Å². The summed E-state index contributed by atoms with van der Waals surface area (Å²) in [7, 11) is 0. The summed E-state index contributed by atoms with van der Waals surface area (Å²) < 4.78 is 11.3. The van der Waals surface area contributed by atoms with Crippen LogP contribution in [0.15, 0.2) is 34.7 Å². The highest BCUT2D eigenvalue weighted by Gasteiger charge is 2.23. The van der Waals surface area contributed by atoms with Crippen LogP contribution in [-0.2, 0) is 4.74 Å². The van der Waals surface area contributed by atoms with Crippen molar-refractivity contribution in [3.05, 3.63) is 36.1 Å². The van der Waals surface area contributed by atoms with Gasteiger partial charge in [0, 0.05) is 31.1 Å². The summed E-state index contributed by atoms with van der Waals surface area (Å²) in [5.41, 5.74) is 0.839. The van der Waals surface area contributed by atoms with Gasteiger partial charge in [0.05, 0.1) is 19.3 Å². The van der Waals surface area contributed by atoms with Crippen LogP contribution in [-0.4, -0.2) is 49.8 Å². The monoisotopic (exact) mass is 373 g/mol. The van der Waals surface area contributed by atoms with Crippen molar-refractivity contribution in [1.82, 2.24) is 15.5 Å². The highest BCUT2D eigenvalue weighted by atomic mass is 16.5. The van der Waals surface area contributed by atoms with Crippen LogP contribution < -0.4 is 10.6 Å². The number of ether oxygens (including phenoxy) is 1. The quantitative estimate of drug-likeness (QED) is 0.779. The summed E-state index contributed by atoms with van der Waals surface area (Å²) in [5, 5.41) is 7.07. The van der Waals surface area contributed by atoms with Crippen LogP contribution in [0.2, 0.25) is 0 Å². The van der Waals surface area contributed by atoms with Crippen molar-refractivity contribution in [3.63, 3.8) is 0 Å². The number of morpholine rings is 1. The zero-order chi connectivity index (χ0) is 19.2. The van der Waals surface area contributed by atoms with Crippen LogP contribution in [0.1, 0.15) is 39.0 Å². The molecule has 3 rings (SSSR count). The van der Waals surface area contributed by atoms with Crippen molar-refractivity contribution >= 4 is 17.0 Å². The van der Waals surface area contributed by atoms with Gasteiger partial charge in [0.1, 0.15) is 11.3 Å². The Bertz CT molecular complexity index is 704. The summed E-state index contributed by atoms with van der Waals surface area (Å²) in [6.07, 6.45) is 1.05. The molecular formula is C21H31N3O3. The van der Waals surface area contributed by atoms with Gasteiger partial charge in [-0.05, 0) is 31.4 Å². The van der Waals surface area contributed by atoms with Gasteiger partial charge in [-0.1, -0.05) is 32.0 Å². The van der Waals surface area contributed by atoms with Gasteiger partial charge in [-0.3, -0.25) is 4.90 Å². The van der Waals surface area contributed by atoms with Crippen molar-refractivity contribution < 1.29 is 13.9 Å². The molecule has 2 N–H and O–H groups in total. The number of benzene rings is 1. The Balaban J connectivity index is 1.53. The molecule has 2 heterocycles. The number of hydrogen-bond donors (Lipinski definition) is 2. The zero-order valence-electron chi connectivity index (χ0n) is 16.5. The second kappa shape index (κ2) is 9.24. The average molecular weight is 373 g/mol. The van der Waals surface area contributed by atoms with Crippen LogP contribution in [0.5, 0.6) is 0 Å². The van der Waals surface area contributed by atoms with Gasteiger partial charge >= 0.3 is 6.03 Å². The molecule has 0 aliphatic carbocycles. The van der Waals surface area contributed by atoms with Crippen molar-refractivity contribution in [2.24, 2.45) is 5.92 Å². The third-order valence-corrected chi connectivity index (χ3v) is 5.02. The van der Waals surface area contributed by atoms with Gasteiger partial charge in [0.25, 0.3) is 0 Å². The fraction of sp³-hybridized carbons (Fsp3) is 0.571. The maximum Gasteiger partial charge on any atom is 0.315 e. The third kappa shape index (κ3) is 5.47. The Morgan fingerprint density at radius 1 is 1.19 bits per heavy atom. The SMILES string of the molecule is CC(C)C[C@H](CNC(=O)N[C@@H](C)c1cc2ccccc2o1)N1CCOCC1. The molecule has 1 aliphatic rings. The molecule has 1 aromatic carbocycles. The number of carbonyl (C=O) groups is 1. The zero-order valence-corrected chi connectivity index (χ0v) is 16.5. The van der Waals surface area contributed by atoms with Crippen LogP contribution in [0.25, 0.3) is 11.0 Å². The summed E-state index contributed by atoms with van der Waals surface area (Å²) in [6.45, 7) is 10.4. The van der Waals surface area contributed by atoms with Crippen LogP contribution in [0.3, 0.4) is 0 Å². The Kier molecular flexibility index (Phi) is 6.74. The van der Waals surface area contributed by atoms with E-state index < -0.39 is 0 Å². The van der Waals surface area contributed by atoms with E-state index in [0.29, 0.717) is 18.5 Å². The summed E-state index contributed by atoms with van der Waals surface area (Å²) >= 11 is 0. The maximum atomic E-state index is 12.4. The molecule has 1 fully saturated rings. The first kappa shape index (κ1) is 19.7. The number of carbonyl (C=O) groups excluding carboxylic acids is 1. The molecule has 2 aromatic rings. The fourth-order valence-corrected chi connectivity index (χ4v) is 3.59. The average Bonchev–Trinajstić information content (AvgIpc) is 3.10. The molecule has 0 unspecified atom stereocenters.